The van der Waals surface area contributed by atoms with Gasteiger partial charge in [-0.1, -0.05) is 12.1 Å². The Morgan fingerprint density at radius 2 is 1.95 bits per heavy atom. The highest BCUT2D eigenvalue weighted by molar-refractivity contribution is 7.92. The summed E-state index contributed by atoms with van der Waals surface area (Å²) >= 11 is 0. The molecule has 104 valence electrons. The van der Waals surface area contributed by atoms with Crippen molar-refractivity contribution in [3.63, 3.8) is 0 Å². The van der Waals surface area contributed by atoms with Gasteiger partial charge >= 0.3 is 0 Å². The van der Waals surface area contributed by atoms with Crippen LogP contribution >= 0.6 is 0 Å². The average molecular weight is 286 g/mol. The monoisotopic (exact) mass is 286 g/mol. The van der Waals surface area contributed by atoms with Gasteiger partial charge in [0.2, 0.25) is 0 Å². The number of hydrogen-bond donors (Lipinski definition) is 1. The molecular weight excluding hydrogens is 272 g/mol. The van der Waals surface area contributed by atoms with E-state index in [0.717, 1.165) is 0 Å². The minimum atomic E-state index is -3.41. The SMILES string of the molecule is CCS(=O)(=O)[C@@H](C)/C(=N\O)c1ccc([N+](=O)[O-])cc1. The highest BCUT2D eigenvalue weighted by atomic mass is 32.2. The molecule has 0 spiro atoms. The quantitative estimate of drug-likeness (QED) is 0.382. The van der Waals surface area contributed by atoms with Crippen LogP contribution in [0.2, 0.25) is 0 Å². The number of rotatable bonds is 5. The first-order valence-corrected chi connectivity index (χ1v) is 7.23. The van der Waals surface area contributed by atoms with Crippen molar-refractivity contribution in [3.8, 4) is 0 Å². The first-order chi connectivity index (χ1) is 8.83. The number of nitro benzene ring substituents is 1. The Hall–Kier alpha value is -1.96. The fraction of sp³-hybridized carbons (Fsp3) is 0.364. The van der Waals surface area contributed by atoms with Gasteiger partial charge in [0.15, 0.2) is 9.84 Å². The maximum atomic E-state index is 11.7. The second-order valence-corrected chi connectivity index (χ2v) is 6.49. The lowest BCUT2D eigenvalue weighted by molar-refractivity contribution is -0.384. The van der Waals surface area contributed by atoms with Crippen LogP contribution in [0.1, 0.15) is 19.4 Å². The van der Waals surface area contributed by atoms with Crippen molar-refractivity contribution in [2.45, 2.75) is 19.1 Å². The summed E-state index contributed by atoms with van der Waals surface area (Å²) in [5, 5.41) is 21.5. The Labute approximate surface area is 110 Å². The third kappa shape index (κ3) is 3.28. The molecule has 0 aliphatic rings. The van der Waals surface area contributed by atoms with Gasteiger partial charge in [-0.25, -0.2) is 8.42 Å². The maximum Gasteiger partial charge on any atom is 0.269 e. The third-order valence-corrected chi connectivity index (χ3v) is 4.91. The van der Waals surface area contributed by atoms with Crippen molar-refractivity contribution in [2.75, 3.05) is 5.75 Å². The van der Waals surface area contributed by atoms with Crippen molar-refractivity contribution >= 4 is 21.2 Å². The zero-order valence-electron chi connectivity index (χ0n) is 10.5. The predicted octanol–water partition coefficient (Wildman–Crippen LogP) is 1.60. The molecule has 0 radical (unpaired) electrons. The Kier molecular flexibility index (Phi) is 4.60. The highest BCUT2D eigenvalue weighted by Gasteiger charge is 2.26. The highest BCUT2D eigenvalue weighted by Crippen LogP contribution is 2.16. The number of sulfone groups is 1. The van der Waals surface area contributed by atoms with Crippen molar-refractivity contribution in [1.82, 2.24) is 0 Å². The van der Waals surface area contributed by atoms with E-state index in [1.165, 1.54) is 38.1 Å². The van der Waals surface area contributed by atoms with Crippen molar-refractivity contribution in [1.29, 1.82) is 0 Å². The minimum Gasteiger partial charge on any atom is -0.411 e. The Morgan fingerprint density at radius 3 is 2.32 bits per heavy atom. The van der Waals surface area contributed by atoms with Crippen LogP contribution in [0, 0.1) is 10.1 Å². The molecule has 0 saturated heterocycles. The van der Waals surface area contributed by atoms with Gasteiger partial charge in [-0.05, 0) is 19.1 Å². The summed E-state index contributed by atoms with van der Waals surface area (Å²) in [7, 11) is -3.41. The van der Waals surface area contributed by atoms with Crippen LogP contribution in [0.25, 0.3) is 0 Å². The number of benzene rings is 1. The topological polar surface area (TPSA) is 110 Å². The lowest BCUT2D eigenvalue weighted by atomic mass is 10.1. The molecule has 1 atom stereocenters. The van der Waals surface area contributed by atoms with E-state index in [1.54, 1.807) is 0 Å². The number of non-ortho nitro benzene ring substituents is 1. The van der Waals surface area contributed by atoms with Crippen LogP contribution in [0.4, 0.5) is 5.69 Å². The van der Waals surface area contributed by atoms with Gasteiger partial charge in [0, 0.05) is 23.4 Å². The molecule has 0 aromatic heterocycles. The summed E-state index contributed by atoms with van der Waals surface area (Å²) in [4.78, 5) is 9.96. The maximum absolute atomic E-state index is 11.7. The van der Waals surface area contributed by atoms with Gasteiger partial charge in [-0.15, -0.1) is 0 Å². The van der Waals surface area contributed by atoms with E-state index in [0.29, 0.717) is 5.56 Å². The van der Waals surface area contributed by atoms with Crippen LogP contribution in [-0.2, 0) is 9.84 Å². The first-order valence-electron chi connectivity index (χ1n) is 5.51. The molecule has 0 amide bonds. The molecular formula is C11H14N2O5S. The fourth-order valence-corrected chi connectivity index (χ4v) is 2.57. The molecule has 1 N–H and O–H groups in total. The zero-order valence-corrected chi connectivity index (χ0v) is 11.3. The van der Waals surface area contributed by atoms with E-state index in [4.69, 9.17) is 5.21 Å². The normalized spacial score (nSPS) is 14.1. The van der Waals surface area contributed by atoms with Gasteiger partial charge in [0.25, 0.3) is 5.69 Å². The number of nitro groups is 1. The summed E-state index contributed by atoms with van der Waals surface area (Å²) in [6.45, 7) is 2.91. The standard InChI is InChI=1S/C11H14N2O5S/c1-3-19(17,18)8(2)11(12-14)9-4-6-10(7-5-9)13(15)16/h4-8,14H,3H2,1-2H3/b12-11+/t8-/m0/s1. The lowest BCUT2D eigenvalue weighted by Gasteiger charge is -2.13. The van der Waals surface area contributed by atoms with E-state index in [9.17, 15) is 18.5 Å². The minimum absolute atomic E-state index is 0.0308. The molecule has 0 aliphatic carbocycles. The van der Waals surface area contributed by atoms with Crippen LogP contribution in [0.3, 0.4) is 0 Å². The van der Waals surface area contributed by atoms with Gasteiger partial charge in [0.05, 0.1) is 4.92 Å². The molecule has 1 rings (SSSR count). The molecule has 1 aromatic carbocycles. The smallest absolute Gasteiger partial charge is 0.269 e. The van der Waals surface area contributed by atoms with E-state index in [-0.39, 0.29) is 17.2 Å². The van der Waals surface area contributed by atoms with Gasteiger partial charge in [-0.2, -0.15) is 0 Å². The Morgan fingerprint density at radius 1 is 1.42 bits per heavy atom. The molecule has 19 heavy (non-hydrogen) atoms. The predicted molar refractivity (Wildman–Crippen MR) is 70.3 cm³/mol. The third-order valence-electron chi connectivity index (χ3n) is 2.81. The van der Waals surface area contributed by atoms with E-state index < -0.39 is 20.0 Å². The average Bonchev–Trinajstić information content (AvgIpc) is 2.40. The molecule has 0 heterocycles. The van der Waals surface area contributed by atoms with Crippen molar-refractivity contribution in [2.24, 2.45) is 5.16 Å². The second-order valence-electron chi connectivity index (χ2n) is 3.88. The molecule has 1 aromatic rings. The summed E-state index contributed by atoms with van der Waals surface area (Å²) in [6, 6.07) is 5.17. The Bertz CT molecular complexity index is 592. The summed E-state index contributed by atoms with van der Waals surface area (Å²) < 4.78 is 23.5. The van der Waals surface area contributed by atoms with Crippen LogP contribution < -0.4 is 0 Å². The number of nitrogens with zero attached hydrogens (tertiary/aromatic N) is 2. The van der Waals surface area contributed by atoms with Gasteiger partial charge < -0.3 is 5.21 Å². The molecule has 7 nitrogen and oxygen atoms in total. The lowest BCUT2D eigenvalue weighted by Crippen LogP contribution is -2.29. The molecule has 0 aliphatic heterocycles. The van der Waals surface area contributed by atoms with Gasteiger partial charge in [0.1, 0.15) is 11.0 Å². The van der Waals surface area contributed by atoms with Gasteiger partial charge in [-0.3, -0.25) is 10.1 Å². The summed E-state index contributed by atoms with van der Waals surface area (Å²) in [5.74, 6) is -0.0832. The van der Waals surface area contributed by atoms with Crippen LogP contribution in [0.15, 0.2) is 29.4 Å². The number of hydrogen-bond acceptors (Lipinski definition) is 6. The van der Waals surface area contributed by atoms with Crippen molar-refractivity contribution in [3.05, 3.63) is 39.9 Å². The Balaban J connectivity index is 3.16. The largest absolute Gasteiger partial charge is 0.411 e. The van der Waals surface area contributed by atoms with Crippen LogP contribution in [0.5, 0.6) is 0 Å². The van der Waals surface area contributed by atoms with E-state index >= 15 is 0 Å². The molecule has 8 heteroatoms. The first kappa shape index (κ1) is 15.1. The molecule has 0 fully saturated rings. The number of oxime groups is 1. The summed E-state index contributed by atoms with van der Waals surface area (Å²) in [5.41, 5.74) is 0.182. The fourth-order valence-electron chi connectivity index (χ4n) is 1.55. The van der Waals surface area contributed by atoms with Crippen molar-refractivity contribution < 1.29 is 18.5 Å². The van der Waals surface area contributed by atoms with E-state index in [1.807, 2.05) is 0 Å². The second kappa shape index (κ2) is 5.79. The summed E-state index contributed by atoms with van der Waals surface area (Å²) in [6.07, 6.45) is 0. The zero-order chi connectivity index (χ0) is 14.6. The molecule has 0 unspecified atom stereocenters. The van der Waals surface area contributed by atoms with E-state index in [2.05, 4.69) is 5.16 Å². The van der Waals surface area contributed by atoms with Crippen LogP contribution in [-0.4, -0.2) is 35.3 Å². The molecule has 0 bridgehead atoms. The molecule has 0 saturated carbocycles.